The predicted octanol–water partition coefficient (Wildman–Crippen LogP) is 1.57. The molecule has 0 aliphatic carbocycles. The van der Waals surface area contributed by atoms with Crippen LogP contribution in [-0.4, -0.2) is 54.3 Å². The fourth-order valence-electron chi connectivity index (χ4n) is 3.62. The average Bonchev–Trinajstić information content (AvgIpc) is 3.15. The van der Waals surface area contributed by atoms with Crippen molar-refractivity contribution in [2.45, 2.75) is 12.5 Å². The van der Waals surface area contributed by atoms with Crippen molar-refractivity contribution in [3.05, 3.63) is 41.2 Å². The maximum atomic E-state index is 15.0. The van der Waals surface area contributed by atoms with Crippen LogP contribution in [0.15, 0.2) is 29.3 Å². The van der Waals surface area contributed by atoms with Gasteiger partial charge in [0.2, 0.25) is 0 Å². The van der Waals surface area contributed by atoms with E-state index in [0.29, 0.717) is 13.2 Å². The number of hydrogen-bond donors (Lipinski definition) is 3. The predicted molar refractivity (Wildman–Crippen MR) is 110 cm³/mol. The number of nitrogens with zero attached hydrogens (tertiary/aromatic N) is 3. The van der Waals surface area contributed by atoms with Crippen LogP contribution in [0.3, 0.4) is 0 Å². The first-order valence-electron chi connectivity index (χ1n) is 9.49. The number of rotatable bonds is 5. The van der Waals surface area contributed by atoms with Crippen molar-refractivity contribution in [1.82, 2.24) is 9.78 Å². The largest absolute Gasteiger partial charge is 0.552 e. The minimum Gasteiger partial charge on any atom is -0.532 e. The Labute approximate surface area is 172 Å². The standard InChI is InChI=1S/C19H21BFN5O4/c1-23-8-11-5-7-29-10-15(11)26-9-13(18(22)27)19(25-26)24-14-2-3-16-12(17(14)21)4-6-20(28)30-16/h2-4,6,8-9,11,15,28H,5,7,10H2,1H3,(H2,22,27)(H,24,25)/t11-,15+/m1/s1. The number of primary amides is 1. The molecular formula is C19H21BFN5O4. The molecule has 1 aromatic heterocycles. The number of anilines is 2. The van der Waals surface area contributed by atoms with Gasteiger partial charge in [-0.25, -0.2) is 4.39 Å². The fraction of sp³-hybridized carbons (Fsp3) is 0.316. The Hall–Kier alpha value is -3.18. The van der Waals surface area contributed by atoms with Crippen molar-refractivity contribution in [1.29, 1.82) is 0 Å². The average molecular weight is 413 g/mol. The number of carbonyl (C=O) groups is 1. The van der Waals surface area contributed by atoms with Crippen molar-refractivity contribution >= 4 is 36.8 Å². The molecule has 30 heavy (non-hydrogen) atoms. The summed E-state index contributed by atoms with van der Waals surface area (Å²) in [5.74, 6) is 0.488. The highest BCUT2D eigenvalue weighted by Crippen LogP contribution is 2.34. The molecule has 2 atom stereocenters. The lowest BCUT2D eigenvalue weighted by molar-refractivity contribution is 0.0385. The van der Waals surface area contributed by atoms with Crippen LogP contribution >= 0.6 is 0 Å². The Kier molecular flexibility index (Phi) is 5.56. The second kappa shape index (κ2) is 8.29. The molecule has 1 amide bonds. The van der Waals surface area contributed by atoms with E-state index in [1.807, 2.05) is 6.21 Å². The van der Waals surface area contributed by atoms with Crippen LogP contribution in [0.4, 0.5) is 15.9 Å². The molecule has 1 aromatic carbocycles. The summed E-state index contributed by atoms with van der Waals surface area (Å²) in [6.45, 7) is 1.03. The maximum absolute atomic E-state index is 15.0. The minimum absolute atomic E-state index is 0.0893. The zero-order valence-corrected chi connectivity index (χ0v) is 16.3. The number of aromatic nitrogens is 2. The molecule has 4 rings (SSSR count). The van der Waals surface area contributed by atoms with Gasteiger partial charge in [0.15, 0.2) is 11.6 Å². The Bertz CT molecular complexity index is 1020. The SMILES string of the molecule is CN=C[C@H]1CCOC[C@@H]1n1cc(C(N)=O)c(Nc2ccc3c(c2F)C=CB(O)O3)n1. The molecule has 0 bridgehead atoms. The molecule has 0 unspecified atom stereocenters. The molecule has 11 heteroatoms. The fourth-order valence-corrected chi connectivity index (χ4v) is 3.62. The zero-order valence-electron chi connectivity index (χ0n) is 16.3. The van der Waals surface area contributed by atoms with Crippen LogP contribution in [0.25, 0.3) is 6.08 Å². The molecule has 4 N–H and O–H groups in total. The summed E-state index contributed by atoms with van der Waals surface area (Å²) in [5, 5.41) is 16.8. The summed E-state index contributed by atoms with van der Waals surface area (Å²) in [4.78, 5) is 16.1. The monoisotopic (exact) mass is 413 g/mol. The second-order valence-corrected chi connectivity index (χ2v) is 7.07. The van der Waals surface area contributed by atoms with Gasteiger partial charge in [0.1, 0.15) is 11.3 Å². The number of amides is 1. The number of benzene rings is 1. The Morgan fingerprint density at radius 3 is 3.13 bits per heavy atom. The second-order valence-electron chi connectivity index (χ2n) is 7.07. The molecule has 1 fully saturated rings. The molecule has 2 aliphatic heterocycles. The first-order valence-corrected chi connectivity index (χ1v) is 9.49. The van der Waals surface area contributed by atoms with Crippen LogP contribution in [0, 0.1) is 11.7 Å². The summed E-state index contributed by atoms with van der Waals surface area (Å²) in [6, 6.07) is 2.80. The van der Waals surface area contributed by atoms with E-state index in [2.05, 4.69) is 15.4 Å². The van der Waals surface area contributed by atoms with Gasteiger partial charge in [-0.15, -0.1) is 0 Å². The van der Waals surface area contributed by atoms with Gasteiger partial charge in [-0.1, -0.05) is 6.08 Å². The summed E-state index contributed by atoms with van der Waals surface area (Å²) in [5.41, 5.74) is 5.94. The van der Waals surface area contributed by atoms with Crippen LogP contribution < -0.4 is 15.7 Å². The number of aliphatic imine (C=N–C) groups is 1. The maximum Gasteiger partial charge on any atom is 0.552 e. The summed E-state index contributed by atoms with van der Waals surface area (Å²) < 4.78 is 27.3. The quantitative estimate of drug-likeness (QED) is 0.505. The van der Waals surface area contributed by atoms with Crippen LogP contribution in [0.1, 0.15) is 28.4 Å². The highest BCUT2D eigenvalue weighted by Gasteiger charge is 2.29. The lowest BCUT2D eigenvalue weighted by Gasteiger charge is -2.29. The van der Waals surface area contributed by atoms with Gasteiger partial charge in [-0.3, -0.25) is 9.48 Å². The van der Waals surface area contributed by atoms with Crippen LogP contribution in [-0.2, 0) is 4.74 Å². The minimum atomic E-state index is -1.12. The zero-order chi connectivity index (χ0) is 21.3. The van der Waals surface area contributed by atoms with Crippen molar-refractivity contribution in [3.8, 4) is 5.75 Å². The number of ether oxygens (including phenoxy) is 1. The molecule has 0 radical (unpaired) electrons. The number of halogens is 1. The molecule has 2 aromatic rings. The Morgan fingerprint density at radius 1 is 1.53 bits per heavy atom. The molecule has 1 saturated heterocycles. The number of fused-ring (bicyclic) bond motifs is 1. The topological polar surface area (TPSA) is 124 Å². The summed E-state index contributed by atoms with van der Waals surface area (Å²) in [7, 11) is 0.582. The van der Waals surface area contributed by atoms with Crippen LogP contribution in [0.5, 0.6) is 5.75 Å². The van der Waals surface area contributed by atoms with E-state index in [-0.39, 0.29) is 40.3 Å². The molecule has 3 heterocycles. The molecule has 0 spiro atoms. The van der Waals surface area contributed by atoms with Crippen molar-refractivity contribution in [2.75, 3.05) is 25.6 Å². The third-order valence-electron chi connectivity index (χ3n) is 5.12. The summed E-state index contributed by atoms with van der Waals surface area (Å²) >= 11 is 0. The number of hydrogen-bond acceptors (Lipinski definition) is 7. The van der Waals surface area contributed by atoms with Gasteiger partial charge in [0.05, 0.1) is 23.9 Å². The normalized spacial score (nSPS) is 20.8. The smallest absolute Gasteiger partial charge is 0.532 e. The van der Waals surface area contributed by atoms with Gasteiger partial charge in [0, 0.05) is 32.0 Å². The van der Waals surface area contributed by atoms with E-state index in [1.165, 1.54) is 30.4 Å². The van der Waals surface area contributed by atoms with E-state index >= 15 is 0 Å². The highest BCUT2D eigenvalue weighted by molar-refractivity contribution is 6.51. The van der Waals surface area contributed by atoms with Gasteiger partial charge in [-0.05, 0) is 24.5 Å². The van der Waals surface area contributed by atoms with Gasteiger partial charge in [-0.2, -0.15) is 5.10 Å². The first-order chi connectivity index (χ1) is 14.5. The third kappa shape index (κ3) is 3.81. The van der Waals surface area contributed by atoms with Crippen LogP contribution in [0.2, 0.25) is 0 Å². The van der Waals surface area contributed by atoms with Crippen molar-refractivity contribution in [3.63, 3.8) is 0 Å². The molecular weight excluding hydrogens is 392 g/mol. The number of nitrogens with one attached hydrogen (secondary N) is 1. The first kappa shape index (κ1) is 20.1. The van der Waals surface area contributed by atoms with E-state index in [1.54, 1.807) is 11.7 Å². The molecule has 2 aliphatic rings. The highest BCUT2D eigenvalue weighted by atomic mass is 19.1. The van der Waals surface area contributed by atoms with Crippen molar-refractivity contribution < 1.29 is 23.6 Å². The summed E-state index contributed by atoms with van der Waals surface area (Å²) in [6.07, 6.45) is 5.59. The van der Waals surface area contributed by atoms with E-state index < -0.39 is 18.8 Å². The third-order valence-corrected chi connectivity index (χ3v) is 5.12. The van der Waals surface area contributed by atoms with Crippen molar-refractivity contribution in [2.24, 2.45) is 16.6 Å². The Balaban J connectivity index is 1.67. The Morgan fingerprint density at radius 2 is 2.37 bits per heavy atom. The molecule has 9 nitrogen and oxygen atoms in total. The van der Waals surface area contributed by atoms with Gasteiger partial charge < -0.3 is 30.5 Å². The molecule has 156 valence electrons. The lowest BCUT2D eigenvalue weighted by Crippen LogP contribution is -2.31. The van der Waals surface area contributed by atoms with E-state index in [9.17, 15) is 14.2 Å². The van der Waals surface area contributed by atoms with E-state index in [4.69, 9.17) is 15.1 Å². The van der Waals surface area contributed by atoms with Gasteiger partial charge in [0.25, 0.3) is 5.91 Å². The lowest BCUT2D eigenvalue weighted by atomic mass is 9.86. The molecule has 0 saturated carbocycles. The number of nitrogens with two attached hydrogens (primary N) is 1. The number of carbonyl (C=O) groups excluding carboxylic acids is 1. The van der Waals surface area contributed by atoms with E-state index in [0.717, 1.165) is 6.42 Å². The van der Waals surface area contributed by atoms with Gasteiger partial charge >= 0.3 is 7.12 Å².